The summed E-state index contributed by atoms with van der Waals surface area (Å²) in [5.41, 5.74) is 0. The van der Waals surface area contributed by atoms with Crippen LogP contribution in [-0.4, -0.2) is 23.6 Å². The molecule has 2 atom stereocenters. The molecule has 0 aromatic heterocycles. The van der Waals surface area contributed by atoms with E-state index >= 15 is 0 Å². The second-order valence-corrected chi connectivity index (χ2v) is 5.72. The van der Waals surface area contributed by atoms with Gasteiger partial charge in [-0.3, -0.25) is 4.79 Å². The highest BCUT2D eigenvalue weighted by Gasteiger charge is 2.21. The summed E-state index contributed by atoms with van der Waals surface area (Å²) in [4.78, 5) is 11.5. The smallest absolute Gasteiger partial charge is 0.306 e. The molecular weight excluding hydrogens is 208 g/mol. The van der Waals surface area contributed by atoms with E-state index in [-0.39, 0.29) is 12.1 Å². The van der Waals surface area contributed by atoms with Crippen molar-refractivity contribution in [3.8, 4) is 0 Å². The molecule has 88 valence electrons. The quantitative estimate of drug-likeness (QED) is 0.535. The molecule has 0 aromatic carbocycles. The van der Waals surface area contributed by atoms with Gasteiger partial charge in [-0.15, -0.1) is 0 Å². The highest BCUT2D eigenvalue weighted by atomic mass is 32.2. The molecule has 15 heavy (non-hydrogen) atoms. The second-order valence-electron chi connectivity index (χ2n) is 4.33. The van der Waals surface area contributed by atoms with E-state index in [0.717, 1.165) is 30.3 Å². The first-order valence-corrected chi connectivity index (χ1v) is 7.15. The zero-order valence-electron chi connectivity index (χ0n) is 9.83. The first kappa shape index (κ1) is 12.9. The molecule has 1 rings (SSSR count). The largest absolute Gasteiger partial charge is 0.462 e. The van der Waals surface area contributed by atoms with Crippen LogP contribution in [0.5, 0.6) is 0 Å². The summed E-state index contributed by atoms with van der Waals surface area (Å²) in [6.07, 6.45) is 5.41. The van der Waals surface area contributed by atoms with Crippen molar-refractivity contribution in [2.75, 3.05) is 11.5 Å². The summed E-state index contributed by atoms with van der Waals surface area (Å²) < 4.78 is 5.46. The van der Waals surface area contributed by atoms with E-state index in [1.54, 1.807) is 11.8 Å². The van der Waals surface area contributed by atoms with Crippen molar-refractivity contribution >= 4 is 17.7 Å². The molecule has 0 N–H and O–H groups in total. The second kappa shape index (κ2) is 7.15. The minimum atomic E-state index is -0.00458. The summed E-state index contributed by atoms with van der Waals surface area (Å²) in [6.45, 7) is 4.35. The average Bonchev–Trinajstić information content (AvgIpc) is 2.18. The summed E-state index contributed by atoms with van der Waals surface area (Å²) in [7, 11) is 0. The molecule has 1 fully saturated rings. The topological polar surface area (TPSA) is 26.3 Å². The molecule has 0 aliphatic heterocycles. The van der Waals surface area contributed by atoms with Gasteiger partial charge >= 0.3 is 5.97 Å². The maximum absolute atomic E-state index is 11.5. The van der Waals surface area contributed by atoms with Crippen molar-refractivity contribution in [3.63, 3.8) is 0 Å². The Labute approximate surface area is 97.1 Å². The van der Waals surface area contributed by atoms with Crippen LogP contribution in [0, 0.1) is 5.92 Å². The standard InChI is InChI=1S/C12H22O2S/c1-3-15-8-7-12(13)14-11-6-4-5-10(2)9-11/h10-11H,3-9H2,1-2H3. The predicted molar refractivity (Wildman–Crippen MR) is 65.1 cm³/mol. The van der Waals surface area contributed by atoms with Crippen LogP contribution < -0.4 is 0 Å². The molecule has 1 aliphatic rings. The van der Waals surface area contributed by atoms with E-state index in [4.69, 9.17) is 4.74 Å². The summed E-state index contributed by atoms with van der Waals surface area (Å²) in [6, 6.07) is 0. The first-order valence-electron chi connectivity index (χ1n) is 5.99. The Morgan fingerprint density at radius 1 is 1.47 bits per heavy atom. The molecule has 3 heteroatoms. The van der Waals surface area contributed by atoms with Crippen LogP contribution in [0.25, 0.3) is 0 Å². The Morgan fingerprint density at radius 3 is 2.93 bits per heavy atom. The van der Waals surface area contributed by atoms with E-state index in [1.807, 2.05) is 0 Å². The number of carbonyl (C=O) groups excluding carboxylic acids is 1. The fraction of sp³-hybridized carbons (Fsp3) is 0.917. The van der Waals surface area contributed by atoms with Gasteiger partial charge in [-0.1, -0.05) is 20.3 Å². The number of hydrogen-bond acceptors (Lipinski definition) is 3. The van der Waals surface area contributed by atoms with Gasteiger partial charge in [0.25, 0.3) is 0 Å². The molecule has 0 amide bonds. The van der Waals surface area contributed by atoms with Crippen LogP contribution in [0.1, 0.15) is 46.0 Å². The third-order valence-electron chi connectivity index (χ3n) is 2.84. The predicted octanol–water partition coefficient (Wildman–Crippen LogP) is 3.25. The molecule has 0 saturated heterocycles. The van der Waals surface area contributed by atoms with Gasteiger partial charge in [-0.25, -0.2) is 0 Å². The highest BCUT2D eigenvalue weighted by molar-refractivity contribution is 7.99. The van der Waals surface area contributed by atoms with E-state index in [2.05, 4.69) is 13.8 Å². The normalized spacial score (nSPS) is 26.3. The molecule has 0 heterocycles. The highest BCUT2D eigenvalue weighted by Crippen LogP contribution is 2.25. The average molecular weight is 230 g/mol. The van der Waals surface area contributed by atoms with Crippen LogP contribution in [-0.2, 0) is 9.53 Å². The van der Waals surface area contributed by atoms with Gasteiger partial charge in [-0.2, -0.15) is 11.8 Å². The van der Waals surface area contributed by atoms with Crippen molar-refractivity contribution in [2.45, 2.75) is 52.1 Å². The summed E-state index contributed by atoms with van der Waals surface area (Å²) in [5.74, 6) is 2.70. The van der Waals surface area contributed by atoms with Gasteiger partial charge in [0.05, 0.1) is 6.42 Å². The van der Waals surface area contributed by atoms with E-state index in [0.29, 0.717) is 6.42 Å². The van der Waals surface area contributed by atoms with Crippen molar-refractivity contribution in [3.05, 3.63) is 0 Å². The van der Waals surface area contributed by atoms with Gasteiger partial charge < -0.3 is 4.74 Å². The van der Waals surface area contributed by atoms with Gasteiger partial charge in [-0.05, 0) is 30.9 Å². The van der Waals surface area contributed by atoms with E-state index in [9.17, 15) is 4.79 Å². The summed E-state index contributed by atoms with van der Waals surface area (Å²) in [5, 5.41) is 0. The lowest BCUT2D eigenvalue weighted by atomic mass is 9.89. The van der Waals surface area contributed by atoms with Crippen molar-refractivity contribution < 1.29 is 9.53 Å². The zero-order valence-corrected chi connectivity index (χ0v) is 10.6. The van der Waals surface area contributed by atoms with Gasteiger partial charge in [0.1, 0.15) is 6.10 Å². The van der Waals surface area contributed by atoms with Gasteiger partial charge in [0, 0.05) is 5.75 Å². The lowest BCUT2D eigenvalue weighted by molar-refractivity contribution is -0.150. The zero-order chi connectivity index (χ0) is 11.1. The summed E-state index contributed by atoms with van der Waals surface area (Å²) >= 11 is 1.80. The number of thioether (sulfide) groups is 1. The Morgan fingerprint density at radius 2 is 2.27 bits per heavy atom. The third-order valence-corrected chi connectivity index (χ3v) is 3.74. The van der Waals surface area contributed by atoms with Crippen molar-refractivity contribution in [1.82, 2.24) is 0 Å². The monoisotopic (exact) mass is 230 g/mol. The number of ether oxygens (including phenoxy) is 1. The number of hydrogen-bond donors (Lipinski definition) is 0. The Hall–Kier alpha value is -0.180. The first-order chi connectivity index (χ1) is 7.22. The van der Waals surface area contributed by atoms with Crippen LogP contribution in [0.2, 0.25) is 0 Å². The lowest BCUT2D eigenvalue weighted by Gasteiger charge is -2.26. The SMILES string of the molecule is CCSCCC(=O)OC1CCCC(C)C1. The van der Waals surface area contributed by atoms with Crippen LogP contribution in [0.4, 0.5) is 0 Å². The van der Waals surface area contributed by atoms with Crippen molar-refractivity contribution in [1.29, 1.82) is 0 Å². The number of carbonyl (C=O) groups is 1. The molecule has 2 unspecified atom stereocenters. The maximum atomic E-state index is 11.5. The Balaban J connectivity index is 2.13. The number of esters is 1. The molecule has 0 spiro atoms. The number of rotatable bonds is 5. The molecule has 2 nitrogen and oxygen atoms in total. The van der Waals surface area contributed by atoms with Crippen LogP contribution in [0.3, 0.4) is 0 Å². The van der Waals surface area contributed by atoms with Crippen molar-refractivity contribution in [2.24, 2.45) is 5.92 Å². The minimum absolute atomic E-state index is 0.00458. The fourth-order valence-electron chi connectivity index (χ4n) is 2.03. The van der Waals surface area contributed by atoms with Crippen LogP contribution >= 0.6 is 11.8 Å². The maximum Gasteiger partial charge on any atom is 0.306 e. The molecule has 0 aromatic rings. The fourth-order valence-corrected chi connectivity index (χ4v) is 2.63. The molecular formula is C12H22O2S. The van der Waals surface area contributed by atoms with E-state index in [1.165, 1.54) is 12.8 Å². The molecule has 0 bridgehead atoms. The Bertz CT molecular complexity index is 194. The van der Waals surface area contributed by atoms with Gasteiger partial charge in [0.15, 0.2) is 0 Å². The Kier molecular flexibility index (Phi) is 6.15. The van der Waals surface area contributed by atoms with Crippen LogP contribution in [0.15, 0.2) is 0 Å². The minimum Gasteiger partial charge on any atom is -0.462 e. The molecule has 1 saturated carbocycles. The molecule has 1 aliphatic carbocycles. The van der Waals surface area contributed by atoms with Gasteiger partial charge in [0.2, 0.25) is 0 Å². The lowest BCUT2D eigenvalue weighted by Crippen LogP contribution is -2.24. The van der Waals surface area contributed by atoms with E-state index < -0.39 is 0 Å². The molecule has 0 radical (unpaired) electrons. The third kappa shape index (κ3) is 5.45.